The monoisotopic (exact) mass is 483 g/mol. The van der Waals surface area contributed by atoms with E-state index in [-0.39, 0.29) is 23.8 Å². The number of halogens is 3. The fourth-order valence-electron chi connectivity index (χ4n) is 3.75. The number of amides is 1. The van der Waals surface area contributed by atoms with Crippen molar-refractivity contribution >= 4 is 52.5 Å². The van der Waals surface area contributed by atoms with E-state index < -0.39 is 5.97 Å². The Hall–Kier alpha value is -2.02. The van der Waals surface area contributed by atoms with Gasteiger partial charge in [0.2, 0.25) is 0 Å². The number of carbonyl (C=O) groups is 2. The summed E-state index contributed by atoms with van der Waals surface area (Å²) in [5.74, 6) is -0.531. The average molecular weight is 485 g/mol. The van der Waals surface area contributed by atoms with Gasteiger partial charge < -0.3 is 15.7 Å². The number of anilines is 1. The Bertz CT molecular complexity index is 962. The first kappa shape index (κ1) is 23.6. The summed E-state index contributed by atoms with van der Waals surface area (Å²) in [6.07, 6.45) is 4.36. The maximum absolute atomic E-state index is 12.5. The third-order valence-corrected chi connectivity index (χ3v) is 6.50. The molecule has 1 fully saturated rings. The van der Waals surface area contributed by atoms with Gasteiger partial charge in [-0.3, -0.25) is 9.59 Å². The zero-order valence-corrected chi connectivity index (χ0v) is 19.3. The third-order valence-electron chi connectivity index (χ3n) is 5.63. The van der Waals surface area contributed by atoms with Crippen LogP contribution in [0.2, 0.25) is 15.1 Å². The van der Waals surface area contributed by atoms with Gasteiger partial charge in [-0.25, -0.2) is 4.98 Å². The highest BCUT2D eigenvalue weighted by Crippen LogP contribution is 2.31. The van der Waals surface area contributed by atoms with Crippen LogP contribution in [0.5, 0.6) is 0 Å². The molecule has 0 spiro atoms. The average Bonchev–Trinajstić information content (AvgIpc) is 2.75. The van der Waals surface area contributed by atoms with Gasteiger partial charge in [0.25, 0.3) is 5.91 Å². The van der Waals surface area contributed by atoms with E-state index in [9.17, 15) is 9.59 Å². The molecule has 1 aromatic carbocycles. The fourth-order valence-corrected chi connectivity index (χ4v) is 4.43. The Morgan fingerprint density at radius 3 is 2.48 bits per heavy atom. The lowest BCUT2D eigenvalue weighted by molar-refractivity contribution is -0.143. The van der Waals surface area contributed by atoms with E-state index in [1.165, 1.54) is 6.20 Å². The Balaban J connectivity index is 1.57. The van der Waals surface area contributed by atoms with Crippen molar-refractivity contribution in [2.24, 2.45) is 11.8 Å². The fraction of sp³-hybridized carbons (Fsp3) is 0.409. The quantitative estimate of drug-likeness (QED) is 0.459. The van der Waals surface area contributed by atoms with Gasteiger partial charge in [0, 0.05) is 22.8 Å². The molecule has 1 heterocycles. The third kappa shape index (κ3) is 6.25. The maximum atomic E-state index is 12.5. The van der Waals surface area contributed by atoms with E-state index in [0.717, 1.165) is 18.4 Å². The molecule has 0 bridgehead atoms. The molecule has 3 N–H and O–H groups in total. The van der Waals surface area contributed by atoms with Crippen molar-refractivity contribution in [2.75, 3.05) is 11.9 Å². The van der Waals surface area contributed by atoms with Crippen molar-refractivity contribution in [3.05, 3.63) is 56.7 Å². The number of carboxylic acids is 1. The molecule has 0 radical (unpaired) electrons. The number of aliphatic carboxylic acids is 1. The Labute approximate surface area is 196 Å². The van der Waals surface area contributed by atoms with Gasteiger partial charge in [-0.05, 0) is 68.4 Å². The number of nitrogens with zero attached hydrogens (tertiary/aromatic N) is 1. The van der Waals surface area contributed by atoms with E-state index in [1.54, 1.807) is 24.3 Å². The van der Waals surface area contributed by atoms with E-state index in [0.29, 0.717) is 45.8 Å². The summed E-state index contributed by atoms with van der Waals surface area (Å²) < 4.78 is 0. The summed E-state index contributed by atoms with van der Waals surface area (Å²) >= 11 is 18.7. The molecule has 6 nitrogen and oxygen atoms in total. The number of pyridine rings is 1. The summed E-state index contributed by atoms with van der Waals surface area (Å²) in [6.45, 7) is 2.42. The number of carboxylic acid groups (broad SMARTS) is 1. The van der Waals surface area contributed by atoms with Crippen LogP contribution in [0.1, 0.15) is 54.6 Å². The number of hydrogen-bond donors (Lipinski definition) is 3. The second kappa shape index (κ2) is 10.5. The van der Waals surface area contributed by atoms with Crippen LogP contribution in [-0.4, -0.2) is 28.5 Å². The topological polar surface area (TPSA) is 91.3 Å². The molecule has 1 aliphatic rings. The first-order valence-electron chi connectivity index (χ1n) is 10.1. The Kier molecular flexibility index (Phi) is 8.03. The highest BCUT2D eigenvalue weighted by molar-refractivity contribution is 6.34. The van der Waals surface area contributed by atoms with E-state index >= 15 is 0 Å². The minimum Gasteiger partial charge on any atom is -0.481 e. The molecule has 1 saturated carbocycles. The molecule has 0 unspecified atom stereocenters. The molecule has 0 aliphatic heterocycles. The normalized spacial score (nSPS) is 19.5. The van der Waals surface area contributed by atoms with Crippen LogP contribution in [0.3, 0.4) is 0 Å². The molecular formula is C22H24Cl3N3O3. The van der Waals surface area contributed by atoms with Gasteiger partial charge in [0.1, 0.15) is 5.82 Å². The number of carbonyl (C=O) groups excluding carboxylic acids is 1. The molecule has 1 aromatic heterocycles. The number of aromatic nitrogens is 1. The van der Waals surface area contributed by atoms with E-state index in [2.05, 4.69) is 15.6 Å². The van der Waals surface area contributed by atoms with Crippen LogP contribution in [-0.2, 0) is 4.79 Å². The first-order chi connectivity index (χ1) is 14.7. The smallest absolute Gasteiger partial charge is 0.306 e. The van der Waals surface area contributed by atoms with Crippen LogP contribution in [0, 0.1) is 11.8 Å². The minimum atomic E-state index is -0.733. The standard InChI is InChI=1S/C22H24Cl3N3O3/c1-12(17-9-16(23)6-7-18(17)24)28-20-19(25)8-15(11-26-20)21(29)27-10-13-2-4-14(5-3-13)22(30)31/h6-9,11-14H,2-5,10H2,1H3,(H,26,28)(H,27,29)(H,30,31)/t12-,13?,14?/m0/s1. The molecule has 9 heteroatoms. The van der Waals surface area contributed by atoms with Crippen LogP contribution in [0.4, 0.5) is 5.82 Å². The SMILES string of the molecule is C[C@H](Nc1ncc(C(=O)NCC2CCC(C(=O)O)CC2)cc1Cl)c1cc(Cl)ccc1Cl. The molecule has 1 atom stereocenters. The van der Waals surface area contributed by atoms with Gasteiger partial charge >= 0.3 is 5.97 Å². The van der Waals surface area contributed by atoms with Crippen molar-refractivity contribution in [2.45, 2.75) is 38.6 Å². The number of hydrogen-bond acceptors (Lipinski definition) is 4. The van der Waals surface area contributed by atoms with Crippen molar-refractivity contribution < 1.29 is 14.7 Å². The van der Waals surface area contributed by atoms with Gasteiger partial charge in [-0.15, -0.1) is 0 Å². The van der Waals surface area contributed by atoms with Crippen LogP contribution >= 0.6 is 34.8 Å². The summed E-state index contributed by atoms with van der Waals surface area (Å²) in [6, 6.07) is 6.60. The number of benzene rings is 1. The zero-order valence-electron chi connectivity index (χ0n) is 17.0. The first-order valence-corrected chi connectivity index (χ1v) is 11.3. The molecule has 0 saturated heterocycles. The lowest BCUT2D eigenvalue weighted by Gasteiger charge is -2.26. The highest BCUT2D eigenvalue weighted by Gasteiger charge is 2.26. The summed E-state index contributed by atoms with van der Waals surface area (Å²) in [5.41, 5.74) is 1.18. The number of rotatable bonds is 7. The maximum Gasteiger partial charge on any atom is 0.306 e. The van der Waals surface area contributed by atoms with Gasteiger partial charge in [-0.1, -0.05) is 34.8 Å². The molecule has 1 aliphatic carbocycles. The van der Waals surface area contributed by atoms with Gasteiger partial charge in [0.05, 0.1) is 22.5 Å². The molecular weight excluding hydrogens is 461 g/mol. The molecule has 1 amide bonds. The number of nitrogens with one attached hydrogen (secondary N) is 2. The lowest BCUT2D eigenvalue weighted by atomic mass is 9.82. The van der Waals surface area contributed by atoms with Gasteiger partial charge in [-0.2, -0.15) is 0 Å². The summed E-state index contributed by atoms with van der Waals surface area (Å²) in [5, 5.41) is 16.6. The molecule has 2 aromatic rings. The predicted molar refractivity (Wildman–Crippen MR) is 123 cm³/mol. The van der Waals surface area contributed by atoms with Crippen LogP contribution in [0.15, 0.2) is 30.5 Å². The Morgan fingerprint density at radius 1 is 1.13 bits per heavy atom. The van der Waals surface area contributed by atoms with Crippen LogP contribution < -0.4 is 10.6 Å². The second-order valence-electron chi connectivity index (χ2n) is 7.85. The summed E-state index contributed by atoms with van der Waals surface area (Å²) in [7, 11) is 0. The predicted octanol–water partition coefficient (Wildman–Crippen LogP) is 5.84. The zero-order chi connectivity index (χ0) is 22.5. The van der Waals surface area contributed by atoms with E-state index in [4.69, 9.17) is 39.9 Å². The molecule has 31 heavy (non-hydrogen) atoms. The van der Waals surface area contributed by atoms with Crippen molar-refractivity contribution in [1.29, 1.82) is 0 Å². The van der Waals surface area contributed by atoms with Crippen LogP contribution in [0.25, 0.3) is 0 Å². The summed E-state index contributed by atoms with van der Waals surface area (Å²) in [4.78, 5) is 27.8. The second-order valence-corrected chi connectivity index (χ2v) is 9.10. The van der Waals surface area contributed by atoms with Gasteiger partial charge in [0.15, 0.2) is 0 Å². The minimum absolute atomic E-state index is 0.197. The largest absolute Gasteiger partial charge is 0.481 e. The van der Waals surface area contributed by atoms with Crippen molar-refractivity contribution in [3.8, 4) is 0 Å². The molecule has 3 rings (SSSR count). The van der Waals surface area contributed by atoms with Crippen molar-refractivity contribution in [1.82, 2.24) is 10.3 Å². The Morgan fingerprint density at radius 2 is 1.84 bits per heavy atom. The lowest BCUT2D eigenvalue weighted by Crippen LogP contribution is -2.32. The van der Waals surface area contributed by atoms with E-state index in [1.807, 2.05) is 6.92 Å². The molecule has 166 valence electrons. The van der Waals surface area contributed by atoms with Crippen molar-refractivity contribution in [3.63, 3.8) is 0 Å². The highest BCUT2D eigenvalue weighted by atomic mass is 35.5.